The maximum Gasteiger partial charge on any atom is 0.337 e. The van der Waals surface area contributed by atoms with Gasteiger partial charge in [-0.1, -0.05) is 55.5 Å². The molecule has 3 aliphatic rings. The first-order valence-electron chi connectivity index (χ1n) is 25.9. The van der Waals surface area contributed by atoms with E-state index in [9.17, 15) is 29.3 Å². The normalized spacial score (nSPS) is 38.7. The van der Waals surface area contributed by atoms with Crippen LogP contribution in [0.4, 0.5) is 4.39 Å². The molecule has 0 aromatic heterocycles. The zero-order chi connectivity index (χ0) is 54.9. The number of methoxy groups -OCH3 is 3. The molecule has 3 fully saturated rings. The van der Waals surface area contributed by atoms with Gasteiger partial charge in [-0.05, 0) is 105 Å². The van der Waals surface area contributed by atoms with Gasteiger partial charge in [-0.2, -0.15) is 0 Å². The van der Waals surface area contributed by atoms with Crippen molar-refractivity contribution in [3.8, 4) is 0 Å². The van der Waals surface area contributed by atoms with E-state index in [1.807, 2.05) is 60.5 Å². The third kappa shape index (κ3) is 15.9. The molecule has 1 aromatic rings. The summed E-state index contributed by atoms with van der Waals surface area (Å²) in [6.45, 7) is 18.6. The number of rotatable bonds is 17. The molecule has 0 amide bonds. The zero-order valence-corrected chi connectivity index (χ0v) is 48.3. The van der Waals surface area contributed by atoms with Gasteiger partial charge in [0.25, 0.3) is 0 Å². The van der Waals surface area contributed by atoms with Gasteiger partial charge in [0.2, 0.25) is 0 Å². The highest BCUT2D eigenvalue weighted by Crippen LogP contribution is 2.42. The van der Waals surface area contributed by atoms with E-state index in [-0.39, 0.29) is 40.9 Å². The Morgan fingerprint density at radius 3 is 2.23 bits per heavy atom. The molecule has 20 heteroatoms. The minimum absolute atomic E-state index is 0.00586. The number of likely N-dealkylation sites (N-methyl/N-ethyl adjacent to an activating group) is 1. The average Bonchev–Trinajstić information content (AvgIpc) is 3.34. The number of carbonyl (C=O) groups is 2. The molecule has 3 saturated heterocycles. The quantitative estimate of drug-likeness (QED) is 0.0419. The number of carbonyl (C=O) groups excluding carboxylic acids is 2. The Hall–Kier alpha value is -2.32. The van der Waals surface area contributed by atoms with Gasteiger partial charge in [-0.15, -0.1) is 0 Å². The van der Waals surface area contributed by atoms with Crippen molar-refractivity contribution in [2.45, 2.75) is 202 Å². The minimum atomic E-state index is -1.81. The molecule has 0 saturated carbocycles. The van der Waals surface area contributed by atoms with Crippen LogP contribution in [0.3, 0.4) is 0 Å². The highest BCUT2D eigenvalue weighted by Gasteiger charge is 2.52. The number of hydrogen-bond donors (Lipinski definition) is 5. The van der Waals surface area contributed by atoms with E-state index < -0.39 is 102 Å². The Balaban J connectivity index is 1.64. The van der Waals surface area contributed by atoms with E-state index >= 15 is 0 Å². The van der Waals surface area contributed by atoms with E-state index in [2.05, 4.69) is 27.5 Å². The summed E-state index contributed by atoms with van der Waals surface area (Å²) in [6.07, 6.45) is -3.31. The number of alkyl halides is 2. The molecule has 4 rings (SSSR count). The maximum absolute atomic E-state index is 14.7. The van der Waals surface area contributed by atoms with Crippen LogP contribution in [-0.2, 0) is 42.7 Å². The topological polar surface area (TPSA) is 230 Å². The number of hydrazine groups is 1. The van der Waals surface area contributed by atoms with Gasteiger partial charge in [-0.3, -0.25) is 4.79 Å². The van der Waals surface area contributed by atoms with Crippen molar-refractivity contribution in [2.75, 3.05) is 55.2 Å². The Morgan fingerprint density at radius 1 is 1.01 bits per heavy atom. The molecule has 420 valence electrons. The lowest BCUT2D eigenvalue weighted by Crippen LogP contribution is -2.59. The van der Waals surface area contributed by atoms with Crippen molar-refractivity contribution >= 4 is 34.5 Å². The van der Waals surface area contributed by atoms with Crippen LogP contribution in [0.15, 0.2) is 36.2 Å². The highest BCUT2D eigenvalue weighted by molar-refractivity contribution is 14.1. The second-order valence-electron chi connectivity index (χ2n) is 21.9. The molecule has 0 aliphatic carbocycles. The van der Waals surface area contributed by atoms with Crippen molar-refractivity contribution in [2.24, 2.45) is 29.3 Å². The van der Waals surface area contributed by atoms with Crippen LogP contribution < -0.4 is 11.6 Å². The summed E-state index contributed by atoms with van der Waals surface area (Å²) in [5.41, 5.74) is 3.98. The molecule has 0 bridgehead atoms. The smallest absolute Gasteiger partial charge is 0.337 e. The molecule has 3 aliphatic heterocycles. The summed E-state index contributed by atoms with van der Waals surface area (Å²) in [5.74, 6) is 3.49. The highest BCUT2D eigenvalue weighted by atomic mass is 127. The number of ether oxygens (including phenoxy) is 8. The second-order valence-corrected chi connectivity index (χ2v) is 23.3. The maximum atomic E-state index is 14.7. The summed E-state index contributed by atoms with van der Waals surface area (Å²) in [6, 6.07) is 4.99. The number of halogens is 2. The predicted octanol–water partition coefficient (Wildman–Crippen LogP) is 5.62. The van der Waals surface area contributed by atoms with Gasteiger partial charge in [0.05, 0.1) is 58.1 Å². The van der Waals surface area contributed by atoms with Crippen molar-refractivity contribution in [3.63, 3.8) is 0 Å². The van der Waals surface area contributed by atoms with E-state index in [4.69, 9.17) is 49.5 Å². The van der Waals surface area contributed by atoms with E-state index in [0.717, 1.165) is 0 Å². The molecule has 7 N–H and O–H groups in total. The van der Waals surface area contributed by atoms with E-state index in [1.165, 1.54) is 32.4 Å². The fraction of sp³-hybridized carbons (Fsp3) is 0.811. The molecule has 1 aromatic carbocycles. The fourth-order valence-electron chi connectivity index (χ4n) is 11.2. The molecular weight excluding hydrogens is 1060 g/mol. The number of nitrogens with zero attached hydrogens (tertiary/aromatic N) is 3. The summed E-state index contributed by atoms with van der Waals surface area (Å²) in [5, 5.41) is 37.7. The third-order valence-corrected chi connectivity index (χ3v) is 18.2. The standard InChI is InChI=1S/C53H91FIN5O13/c1-16-41-53(10,65)47(61)34(6)59(12)28-30(2)25-51(8,64)48(32(4)44(33(5)49(62)71-41)72-43-26-52(9,68-15)46(55)35(7)70-43)73-42-24-39(23-31(3)69-42)58(11)22-21-38(56)29-60(57)40(27-54)45(66-13)36-17-19-37(20-18-36)50(63)67-14/h17-20,29-35,39-48,61,64-65H,16,21-28,56-57H2,1-15H3/b38-29-/t30-,31-,32+,33-,34-,35+,39+,40-,41-,42+,43+,44+,45-,46?,47-,48-,51-,52-,53-/m1/s1. The molecule has 18 nitrogen and oxygen atoms in total. The number of aliphatic hydroxyl groups excluding tert-OH is 1. The van der Waals surface area contributed by atoms with Crippen LogP contribution in [-0.4, -0.2) is 185 Å². The van der Waals surface area contributed by atoms with Crippen LogP contribution in [0.2, 0.25) is 0 Å². The van der Waals surface area contributed by atoms with Crippen molar-refractivity contribution < 1.29 is 67.2 Å². The molecule has 0 spiro atoms. The first-order chi connectivity index (χ1) is 34.1. The molecule has 1 unspecified atom stereocenters. The van der Waals surface area contributed by atoms with Crippen LogP contribution in [0.25, 0.3) is 0 Å². The predicted molar refractivity (Wildman–Crippen MR) is 284 cm³/mol. The van der Waals surface area contributed by atoms with Crippen molar-refractivity contribution in [1.29, 1.82) is 0 Å². The number of benzene rings is 1. The number of aliphatic hydroxyl groups is 3. The van der Waals surface area contributed by atoms with Crippen LogP contribution >= 0.6 is 22.6 Å². The first kappa shape index (κ1) is 63.2. The number of hydrogen-bond acceptors (Lipinski definition) is 18. The lowest BCUT2D eigenvalue weighted by Gasteiger charge is -2.48. The first-order valence-corrected chi connectivity index (χ1v) is 27.1. The zero-order valence-electron chi connectivity index (χ0n) is 46.2. The lowest BCUT2D eigenvalue weighted by atomic mass is 9.77. The van der Waals surface area contributed by atoms with Crippen molar-refractivity contribution in [1.82, 2.24) is 14.8 Å². The molecular formula is C53H91FIN5O13. The Bertz CT molecular complexity index is 1920. The minimum Gasteiger partial charge on any atom is -0.465 e. The van der Waals surface area contributed by atoms with Crippen LogP contribution in [0, 0.1) is 17.8 Å². The molecule has 19 atom stereocenters. The van der Waals surface area contributed by atoms with Gasteiger partial charge in [-0.25, -0.2) is 15.0 Å². The summed E-state index contributed by atoms with van der Waals surface area (Å²) < 4.78 is 64.4. The third-order valence-electron chi connectivity index (χ3n) is 15.8. The van der Waals surface area contributed by atoms with E-state index in [0.29, 0.717) is 55.6 Å². The largest absolute Gasteiger partial charge is 0.465 e. The Kier molecular flexibility index (Phi) is 23.7. The number of cyclic esters (lactones) is 1. The summed E-state index contributed by atoms with van der Waals surface area (Å²) >= 11 is 2.34. The summed E-state index contributed by atoms with van der Waals surface area (Å²) in [4.78, 5) is 30.6. The monoisotopic (exact) mass is 1150 g/mol. The van der Waals surface area contributed by atoms with Gasteiger partial charge in [0, 0.05) is 76.5 Å². The Labute approximate surface area is 448 Å². The van der Waals surface area contributed by atoms with Crippen LogP contribution in [0.5, 0.6) is 0 Å². The molecule has 3 heterocycles. The lowest BCUT2D eigenvalue weighted by molar-refractivity contribution is -0.290. The fourth-order valence-corrected chi connectivity index (χ4v) is 11.9. The summed E-state index contributed by atoms with van der Waals surface area (Å²) in [7, 11) is 8.28. The number of esters is 2. The van der Waals surface area contributed by atoms with Gasteiger partial charge < -0.3 is 73.8 Å². The Morgan fingerprint density at radius 2 is 1.66 bits per heavy atom. The second kappa shape index (κ2) is 27.3. The van der Waals surface area contributed by atoms with Gasteiger partial charge >= 0.3 is 11.9 Å². The average molecular weight is 1150 g/mol. The molecule has 0 radical (unpaired) electrons. The number of nitrogens with two attached hydrogens (primary N) is 2. The van der Waals surface area contributed by atoms with Gasteiger partial charge in [0.1, 0.15) is 36.6 Å². The SMILES string of the molecule is CC[C@H]1OC(=O)[C@H](C)[C@@H](O[C@H]2C[C@@](C)(OC)C(I)[C@H](C)O2)[C@H](C)[C@@H](O[C@H]2C[C@@H](N(C)CC/C(N)=C/N(N)[C@H](CF)[C@H](OC)c3ccc(C(=O)OC)cc3)C[C@@H](C)O2)[C@](C)(O)C[C@@H](C)CN(C)[C@H](C)[C@@H](O)[C@]1(C)O. The van der Waals surface area contributed by atoms with E-state index in [1.54, 1.807) is 52.1 Å². The van der Waals surface area contributed by atoms with Gasteiger partial charge in [0.15, 0.2) is 12.6 Å². The van der Waals surface area contributed by atoms with Crippen molar-refractivity contribution in [3.05, 3.63) is 47.3 Å². The van der Waals surface area contributed by atoms with Crippen LogP contribution in [0.1, 0.15) is 130 Å². The molecule has 73 heavy (non-hydrogen) atoms.